The molecule has 0 saturated heterocycles. The van der Waals surface area contributed by atoms with Gasteiger partial charge in [-0.25, -0.2) is 10.4 Å². The summed E-state index contributed by atoms with van der Waals surface area (Å²) >= 11 is 0. The number of hydrazine groups is 1. The van der Waals surface area contributed by atoms with Gasteiger partial charge < -0.3 is 5.43 Å². The van der Waals surface area contributed by atoms with Crippen LogP contribution in [-0.2, 0) is 4.79 Å². The lowest BCUT2D eigenvalue weighted by atomic mass is 10.4. The topological polar surface area (TPSA) is 53.5 Å². The second kappa shape index (κ2) is 2.05. The highest BCUT2D eigenvalue weighted by Gasteiger charge is 2.31. The molecule has 1 saturated carbocycles. The molecule has 1 unspecified atom stereocenters. The molecule has 0 aromatic carbocycles. The molecule has 1 aliphatic carbocycles. The Morgan fingerprint density at radius 3 is 2.90 bits per heavy atom. The normalized spacial score (nSPS) is 31.2. The molecule has 4 heteroatoms. The standard InChI is InChI=1S/C6H9N3O/c10-3-5-7-6(9-8-5)4-1-2-4/h3-5,8H,1-2H2,(H,7,9). The Bertz CT molecular complexity index is 185. The lowest BCUT2D eigenvalue weighted by Gasteiger charge is -1.96. The molecule has 10 heavy (non-hydrogen) atoms. The van der Waals surface area contributed by atoms with Gasteiger partial charge in [0.1, 0.15) is 5.84 Å². The van der Waals surface area contributed by atoms with Crippen LogP contribution in [0.25, 0.3) is 0 Å². The summed E-state index contributed by atoms with van der Waals surface area (Å²) in [6.07, 6.45) is 2.86. The first kappa shape index (κ1) is 5.85. The second-order valence-electron chi connectivity index (χ2n) is 2.64. The number of nitrogens with one attached hydrogen (secondary N) is 2. The Labute approximate surface area is 58.7 Å². The van der Waals surface area contributed by atoms with E-state index in [1.54, 1.807) is 0 Å². The Hall–Kier alpha value is -0.900. The molecule has 1 aliphatic heterocycles. The zero-order valence-electron chi connectivity index (χ0n) is 5.50. The molecular weight excluding hydrogens is 130 g/mol. The van der Waals surface area contributed by atoms with E-state index in [0.717, 1.165) is 12.1 Å². The Balaban J connectivity index is 2.02. The molecule has 0 aromatic rings. The summed E-state index contributed by atoms with van der Waals surface area (Å²) in [5.41, 5.74) is 5.64. The summed E-state index contributed by atoms with van der Waals surface area (Å²) in [5.74, 6) is 1.55. The fourth-order valence-corrected chi connectivity index (χ4v) is 0.991. The van der Waals surface area contributed by atoms with Crippen LogP contribution in [0.1, 0.15) is 12.8 Å². The van der Waals surface area contributed by atoms with Crippen LogP contribution >= 0.6 is 0 Å². The van der Waals surface area contributed by atoms with Crippen molar-refractivity contribution in [1.82, 2.24) is 10.9 Å². The second-order valence-corrected chi connectivity index (χ2v) is 2.64. The molecule has 1 fully saturated rings. The van der Waals surface area contributed by atoms with Crippen molar-refractivity contribution in [3.05, 3.63) is 0 Å². The highest BCUT2D eigenvalue weighted by atomic mass is 16.1. The molecule has 0 radical (unpaired) electrons. The number of aldehydes is 1. The van der Waals surface area contributed by atoms with Crippen molar-refractivity contribution < 1.29 is 4.79 Å². The molecule has 4 nitrogen and oxygen atoms in total. The molecule has 2 aliphatic rings. The molecule has 2 rings (SSSR count). The number of carbonyl (C=O) groups is 1. The predicted molar refractivity (Wildman–Crippen MR) is 36.3 cm³/mol. The number of rotatable bonds is 2. The number of carbonyl (C=O) groups excluding carboxylic acids is 1. The quantitative estimate of drug-likeness (QED) is 0.504. The van der Waals surface area contributed by atoms with E-state index in [1.807, 2.05) is 0 Å². The van der Waals surface area contributed by atoms with Crippen LogP contribution in [0, 0.1) is 5.92 Å². The van der Waals surface area contributed by atoms with Gasteiger partial charge in [-0.1, -0.05) is 0 Å². The van der Waals surface area contributed by atoms with E-state index in [1.165, 1.54) is 12.8 Å². The van der Waals surface area contributed by atoms with Crippen LogP contribution in [0.3, 0.4) is 0 Å². The van der Waals surface area contributed by atoms with Crippen LogP contribution in [0.15, 0.2) is 4.99 Å². The minimum atomic E-state index is -0.351. The van der Waals surface area contributed by atoms with Crippen LogP contribution in [-0.4, -0.2) is 18.3 Å². The maximum Gasteiger partial charge on any atom is 0.174 e. The molecular formula is C6H9N3O. The van der Waals surface area contributed by atoms with Crippen molar-refractivity contribution in [3.63, 3.8) is 0 Å². The number of aliphatic imine (C=N–C) groups is 1. The molecule has 0 bridgehead atoms. The minimum absolute atomic E-state index is 0.351. The zero-order chi connectivity index (χ0) is 6.97. The van der Waals surface area contributed by atoms with Crippen molar-refractivity contribution in [2.75, 3.05) is 0 Å². The van der Waals surface area contributed by atoms with Crippen molar-refractivity contribution in [1.29, 1.82) is 0 Å². The summed E-state index contributed by atoms with van der Waals surface area (Å²) in [7, 11) is 0. The Morgan fingerprint density at radius 2 is 2.40 bits per heavy atom. The van der Waals surface area contributed by atoms with Gasteiger partial charge in [0, 0.05) is 5.92 Å². The van der Waals surface area contributed by atoms with E-state index in [2.05, 4.69) is 15.8 Å². The van der Waals surface area contributed by atoms with E-state index in [9.17, 15) is 4.79 Å². The minimum Gasteiger partial charge on any atom is -0.307 e. The number of nitrogens with zero attached hydrogens (tertiary/aromatic N) is 1. The highest BCUT2D eigenvalue weighted by molar-refractivity contribution is 5.89. The largest absolute Gasteiger partial charge is 0.307 e. The monoisotopic (exact) mass is 139 g/mol. The molecule has 2 N–H and O–H groups in total. The summed E-state index contributed by atoms with van der Waals surface area (Å²) in [6, 6.07) is 0. The average molecular weight is 139 g/mol. The summed E-state index contributed by atoms with van der Waals surface area (Å²) in [6.45, 7) is 0. The zero-order valence-corrected chi connectivity index (χ0v) is 5.50. The van der Waals surface area contributed by atoms with Gasteiger partial charge in [-0.05, 0) is 12.8 Å². The van der Waals surface area contributed by atoms with Crippen LogP contribution in [0.5, 0.6) is 0 Å². The van der Waals surface area contributed by atoms with E-state index in [4.69, 9.17) is 0 Å². The first-order chi connectivity index (χ1) is 4.90. The first-order valence-corrected chi connectivity index (χ1v) is 3.44. The summed E-state index contributed by atoms with van der Waals surface area (Å²) in [5, 5.41) is 0. The highest BCUT2D eigenvalue weighted by Crippen LogP contribution is 2.30. The van der Waals surface area contributed by atoms with Gasteiger partial charge in [-0.15, -0.1) is 0 Å². The Morgan fingerprint density at radius 1 is 1.60 bits per heavy atom. The lowest BCUT2D eigenvalue weighted by molar-refractivity contribution is -0.109. The third-order valence-corrected chi connectivity index (χ3v) is 1.72. The van der Waals surface area contributed by atoms with Gasteiger partial charge in [0.05, 0.1) is 0 Å². The van der Waals surface area contributed by atoms with Crippen molar-refractivity contribution in [2.45, 2.75) is 19.0 Å². The van der Waals surface area contributed by atoms with Gasteiger partial charge in [0.25, 0.3) is 0 Å². The van der Waals surface area contributed by atoms with Crippen molar-refractivity contribution >= 4 is 12.1 Å². The van der Waals surface area contributed by atoms with E-state index >= 15 is 0 Å². The maximum absolute atomic E-state index is 10.2. The average Bonchev–Trinajstić information content (AvgIpc) is 2.70. The van der Waals surface area contributed by atoms with E-state index in [0.29, 0.717) is 5.92 Å². The van der Waals surface area contributed by atoms with E-state index < -0.39 is 0 Å². The first-order valence-electron chi connectivity index (χ1n) is 3.44. The predicted octanol–water partition coefficient (Wildman–Crippen LogP) is -0.572. The fourth-order valence-electron chi connectivity index (χ4n) is 0.991. The molecule has 54 valence electrons. The lowest BCUT2D eigenvalue weighted by Crippen LogP contribution is -2.36. The molecule has 0 amide bonds. The van der Waals surface area contributed by atoms with Crippen LogP contribution in [0.2, 0.25) is 0 Å². The van der Waals surface area contributed by atoms with Gasteiger partial charge in [0.15, 0.2) is 12.5 Å². The molecule has 1 heterocycles. The molecule has 1 atom stereocenters. The third kappa shape index (κ3) is 0.903. The molecule has 0 spiro atoms. The smallest absolute Gasteiger partial charge is 0.174 e. The van der Waals surface area contributed by atoms with Crippen LogP contribution < -0.4 is 10.9 Å². The Kier molecular flexibility index (Phi) is 1.20. The van der Waals surface area contributed by atoms with Gasteiger partial charge in [-0.3, -0.25) is 4.79 Å². The van der Waals surface area contributed by atoms with E-state index in [-0.39, 0.29) is 6.17 Å². The summed E-state index contributed by atoms with van der Waals surface area (Å²) < 4.78 is 0. The van der Waals surface area contributed by atoms with Crippen molar-refractivity contribution in [2.24, 2.45) is 10.9 Å². The van der Waals surface area contributed by atoms with Gasteiger partial charge in [-0.2, -0.15) is 0 Å². The SMILES string of the molecule is O=CC1N=C(C2CC2)NN1. The third-order valence-electron chi connectivity index (χ3n) is 1.72. The molecule has 0 aromatic heterocycles. The number of amidine groups is 1. The fraction of sp³-hybridized carbons (Fsp3) is 0.667. The van der Waals surface area contributed by atoms with Gasteiger partial charge >= 0.3 is 0 Å². The number of hydrogen-bond acceptors (Lipinski definition) is 4. The van der Waals surface area contributed by atoms with Gasteiger partial charge in [0.2, 0.25) is 0 Å². The van der Waals surface area contributed by atoms with Crippen molar-refractivity contribution in [3.8, 4) is 0 Å². The summed E-state index contributed by atoms with van der Waals surface area (Å²) in [4.78, 5) is 14.3. The maximum atomic E-state index is 10.2. The number of hydrogen-bond donors (Lipinski definition) is 2. The van der Waals surface area contributed by atoms with Crippen LogP contribution in [0.4, 0.5) is 0 Å².